The molecule has 0 saturated carbocycles. The van der Waals surface area contributed by atoms with Gasteiger partial charge in [0.15, 0.2) is 0 Å². The Morgan fingerprint density at radius 2 is 1.62 bits per heavy atom. The Morgan fingerprint density at radius 3 is 2.14 bits per heavy atom. The number of nitrogens with zero attached hydrogens (tertiary/aromatic N) is 2. The SMILES string of the molecule is CC(C)CN1CCN(C(C)C(N)c2ccc(F)cc2)CC1. The molecular formula is C17H28FN3. The monoisotopic (exact) mass is 293 g/mol. The molecule has 1 heterocycles. The van der Waals surface area contributed by atoms with Crippen molar-refractivity contribution in [3.8, 4) is 0 Å². The Morgan fingerprint density at radius 1 is 1.05 bits per heavy atom. The van der Waals surface area contributed by atoms with E-state index in [-0.39, 0.29) is 17.9 Å². The molecule has 2 N–H and O–H groups in total. The fourth-order valence-electron chi connectivity index (χ4n) is 3.06. The second kappa shape index (κ2) is 7.34. The van der Waals surface area contributed by atoms with Gasteiger partial charge in [-0.25, -0.2) is 4.39 Å². The van der Waals surface area contributed by atoms with Crippen LogP contribution in [-0.2, 0) is 0 Å². The summed E-state index contributed by atoms with van der Waals surface area (Å²) >= 11 is 0. The van der Waals surface area contributed by atoms with E-state index in [0.29, 0.717) is 0 Å². The molecule has 0 amide bonds. The molecule has 2 rings (SSSR count). The third-order valence-corrected chi connectivity index (χ3v) is 4.38. The van der Waals surface area contributed by atoms with Gasteiger partial charge in [0.05, 0.1) is 0 Å². The van der Waals surface area contributed by atoms with Gasteiger partial charge in [0.25, 0.3) is 0 Å². The van der Waals surface area contributed by atoms with Crippen LogP contribution in [0, 0.1) is 11.7 Å². The molecular weight excluding hydrogens is 265 g/mol. The van der Waals surface area contributed by atoms with E-state index in [1.165, 1.54) is 18.7 Å². The highest BCUT2D eigenvalue weighted by Gasteiger charge is 2.25. The van der Waals surface area contributed by atoms with Crippen LogP contribution in [0.25, 0.3) is 0 Å². The molecule has 1 aromatic carbocycles. The third-order valence-electron chi connectivity index (χ3n) is 4.38. The number of benzene rings is 1. The molecule has 4 heteroatoms. The summed E-state index contributed by atoms with van der Waals surface area (Å²) in [6.07, 6.45) is 0. The molecule has 21 heavy (non-hydrogen) atoms. The van der Waals surface area contributed by atoms with Crippen LogP contribution in [0.5, 0.6) is 0 Å². The van der Waals surface area contributed by atoms with E-state index in [4.69, 9.17) is 5.73 Å². The summed E-state index contributed by atoms with van der Waals surface area (Å²) in [5.41, 5.74) is 7.36. The number of hydrogen-bond donors (Lipinski definition) is 1. The lowest BCUT2D eigenvalue weighted by Crippen LogP contribution is -2.52. The predicted molar refractivity (Wildman–Crippen MR) is 85.6 cm³/mol. The Bertz CT molecular complexity index is 424. The highest BCUT2D eigenvalue weighted by atomic mass is 19.1. The zero-order valence-corrected chi connectivity index (χ0v) is 13.4. The van der Waals surface area contributed by atoms with Gasteiger partial charge in [-0.1, -0.05) is 26.0 Å². The molecule has 1 saturated heterocycles. The molecule has 0 aliphatic carbocycles. The van der Waals surface area contributed by atoms with Crippen LogP contribution in [0.2, 0.25) is 0 Å². The molecule has 2 atom stereocenters. The van der Waals surface area contributed by atoms with Crippen molar-refractivity contribution < 1.29 is 4.39 Å². The maximum absolute atomic E-state index is 13.0. The summed E-state index contributed by atoms with van der Waals surface area (Å²) in [6, 6.07) is 6.78. The summed E-state index contributed by atoms with van der Waals surface area (Å²) in [6.45, 7) is 12.2. The van der Waals surface area contributed by atoms with Gasteiger partial charge in [0.1, 0.15) is 5.82 Å². The lowest BCUT2D eigenvalue weighted by Gasteiger charge is -2.40. The number of rotatable bonds is 5. The second-order valence-electron chi connectivity index (χ2n) is 6.55. The topological polar surface area (TPSA) is 32.5 Å². The Kier molecular flexibility index (Phi) is 5.73. The highest BCUT2D eigenvalue weighted by Crippen LogP contribution is 2.20. The van der Waals surface area contributed by atoms with Gasteiger partial charge in [-0.15, -0.1) is 0 Å². The minimum absolute atomic E-state index is 0.0674. The van der Waals surface area contributed by atoms with Crippen molar-refractivity contribution in [3.63, 3.8) is 0 Å². The van der Waals surface area contributed by atoms with Crippen molar-refractivity contribution in [3.05, 3.63) is 35.6 Å². The first-order chi connectivity index (χ1) is 9.97. The minimum atomic E-state index is -0.207. The zero-order valence-electron chi connectivity index (χ0n) is 13.4. The quantitative estimate of drug-likeness (QED) is 0.905. The van der Waals surface area contributed by atoms with Crippen molar-refractivity contribution in [2.75, 3.05) is 32.7 Å². The smallest absolute Gasteiger partial charge is 0.123 e. The van der Waals surface area contributed by atoms with Crippen LogP contribution >= 0.6 is 0 Å². The van der Waals surface area contributed by atoms with E-state index in [9.17, 15) is 4.39 Å². The molecule has 1 fully saturated rings. The lowest BCUT2D eigenvalue weighted by atomic mass is 9.99. The van der Waals surface area contributed by atoms with Crippen LogP contribution in [0.3, 0.4) is 0 Å². The maximum atomic E-state index is 13.0. The summed E-state index contributed by atoms with van der Waals surface area (Å²) in [7, 11) is 0. The highest BCUT2D eigenvalue weighted by molar-refractivity contribution is 5.21. The van der Waals surface area contributed by atoms with E-state index in [1.54, 1.807) is 12.1 Å². The van der Waals surface area contributed by atoms with Crippen LogP contribution in [0.4, 0.5) is 4.39 Å². The summed E-state index contributed by atoms with van der Waals surface area (Å²) < 4.78 is 13.0. The lowest BCUT2D eigenvalue weighted by molar-refractivity contribution is 0.0852. The Hall–Kier alpha value is -0.970. The van der Waals surface area contributed by atoms with E-state index in [0.717, 1.165) is 37.7 Å². The molecule has 0 spiro atoms. The van der Waals surface area contributed by atoms with Crippen LogP contribution < -0.4 is 5.73 Å². The molecule has 118 valence electrons. The standard InChI is InChI=1S/C17H28FN3/c1-13(2)12-20-8-10-21(11-9-20)14(3)17(19)15-4-6-16(18)7-5-15/h4-7,13-14,17H,8-12,19H2,1-3H3. The number of piperazine rings is 1. The summed E-state index contributed by atoms with van der Waals surface area (Å²) in [5, 5.41) is 0. The molecule has 1 aliphatic rings. The van der Waals surface area contributed by atoms with Gasteiger partial charge in [-0.2, -0.15) is 0 Å². The van der Waals surface area contributed by atoms with Crippen molar-refractivity contribution in [1.29, 1.82) is 0 Å². The van der Waals surface area contributed by atoms with Crippen LogP contribution in [-0.4, -0.2) is 48.6 Å². The van der Waals surface area contributed by atoms with Crippen molar-refractivity contribution in [2.45, 2.75) is 32.9 Å². The van der Waals surface area contributed by atoms with Crippen molar-refractivity contribution in [2.24, 2.45) is 11.7 Å². The fourth-order valence-corrected chi connectivity index (χ4v) is 3.06. The van der Waals surface area contributed by atoms with E-state index < -0.39 is 0 Å². The number of hydrogen-bond acceptors (Lipinski definition) is 3. The first kappa shape index (κ1) is 16.4. The van der Waals surface area contributed by atoms with Crippen molar-refractivity contribution >= 4 is 0 Å². The zero-order chi connectivity index (χ0) is 15.4. The molecule has 0 aromatic heterocycles. The van der Waals surface area contributed by atoms with E-state index >= 15 is 0 Å². The fraction of sp³-hybridized carbons (Fsp3) is 0.647. The minimum Gasteiger partial charge on any atom is -0.323 e. The van der Waals surface area contributed by atoms with Gasteiger partial charge < -0.3 is 10.6 Å². The molecule has 3 nitrogen and oxygen atoms in total. The predicted octanol–water partition coefficient (Wildman–Crippen LogP) is 2.49. The van der Waals surface area contributed by atoms with Crippen LogP contribution in [0.1, 0.15) is 32.4 Å². The van der Waals surface area contributed by atoms with Crippen molar-refractivity contribution in [1.82, 2.24) is 9.80 Å². The van der Waals surface area contributed by atoms with Gasteiger partial charge >= 0.3 is 0 Å². The Balaban J connectivity index is 1.89. The normalized spacial score (nSPS) is 20.7. The largest absolute Gasteiger partial charge is 0.323 e. The number of halogens is 1. The summed E-state index contributed by atoms with van der Waals surface area (Å²) in [4.78, 5) is 4.97. The average molecular weight is 293 g/mol. The van der Waals surface area contributed by atoms with E-state index in [1.807, 2.05) is 0 Å². The maximum Gasteiger partial charge on any atom is 0.123 e. The average Bonchev–Trinajstić information content (AvgIpc) is 2.47. The molecule has 0 radical (unpaired) electrons. The molecule has 2 unspecified atom stereocenters. The van der Waals surface area contributed by atoms with Gasteiger partial charge in [0, 0.05) is 44.8 Å². The Labute approximate surface area is 127 Å². The number of nitrogens with two attached hydrogens (primary N) is 1. The molecule has 1 aliphatic heterocycles. The molecule has 1 aromatic rings. The molecule has 0 bridgehead atoms. The summed E-state index contributed by atoms with van der Waals surface area (Å²) in [5.74, 6) is 0.511. The first-order valence-electron chi connectivity index (χ1n) is 7.95. The second-order valence-corrected chi connectivity index (χ2v) is 6.55. The van der Waals surface area contributed by atoms with E-state index in [2.05, 4.69) is 30.6 Å². The first-order valence-corrected chi connectivity index (χ1v) is 7.95. The third kappa shape index (κ3) is 4.50. The van der Waals surface area contributed by atoms with Gasteiger partial charge in [-0.05, 0) is 30.5 Å². The van der Waals surface area contributed by atoms with Crippen LogP contribution in [0.15, 0.2) is 24.3 Å². The van der Waals surface area contributed by atoms with Gasteiger partial charge in [0.2, 0.25) is 0 Å². The van der Waals surface area contributed by atoms with Gasteiger partial charge in [-0.3, -0.25) is 4.90 Å².